The second kappa shape index (κ2) is 46.4. The van der Waals surface area contributed by atoms with Gasteiger partial charge in [-0.05, 0) is 13.8 Å². The molecular formula is C6H18MnO10. The Labute approximate surface area is 108 Å². The van der Waals surface area contributed by atoms with Crippen LogP contribution in [0, 0.1) is 0 Å². The van der Waals surface area contributed by atoms with Gasteiger partial charge in [0.2, 0.25) is 0 Å². The summed E-state index contributed by atoms with van der Waals surface area (Å²) in [6.45, 7) is 3.03. The molecule has 0 bridgehead atoms. The van der Waals surface area contributed by atoms with E-state index >= 15 is 0 Å². The second-order valence-corrected chi connectivity index (χ2v) is 1.50. The molecule has 0 saturated carbocycles. The maximum atomic E-state index is 9.00. The van der Waals surface area contributed by atoms with Crippen molar-refractivity contribution in [3.05, 3.63) is 0 Å². The Hall–Kier alpha value is -1.23. The van der Waals surface area contributed by atoms with E-state index in [1.165, 1.54) is 0 Å². The van der Waals surface area contributed by atoms with Gasteiger partial charge in [0.05, 0.1) is 0 Å². The molecule has 0 amide bonds. The van der Waals surface area contributed by atoms with Crippen LogP contribution in [-0.2, 0) is 31.5 Å². The van der Waals surface area contributed by atoms with Crippen molar-refractivity contribution in [3.8, 4) is 0 Å². The Kier molecular flexibility index (Phi) is 156. The van der Waals surface area contributed by atoms with Gasteiger partial charge in [0.15, 0.2) is 0 Å². The first kappa shape index (κ1) is 57.0. The summed E-state index contributed by atoms with van der Waals surface area (Å²) in [5.74, 6) is -3.00. The smallest absolute Gasteiger partial charge is 0.550 e. The number of carbonyl (C=O) groups excluding carboxylic acids is 2. The minimum absolute atomic E-state index is 0. The van der Waals surface area contributed by atoms with E-state index in [2.05, 4.69) is 0 Å². The maximum Gasteiger partial charge on any atom is 2.00 e. The zero-order valence-electron chi connectivity index (χ0n) is 9.37. The predicted octanol–water partition coefficient (Wildman–Crippen LogP) is -5.70. The van der Waals surface area contributed by atoms with Crippen LogP contribution in [-0.4, -0.2) is 44.9 Å². The van der Waals surface area contributed by atoms with Gasteiger partial charge in [-0.1, -0.05) is 0 Å². The molecule has 17 heavy (non-hydrogen) atoms. The zero-order valence-corrected chi connectivity index (χ0v) is 10.5. The molecule has 0 atom stereocenters. The second-order valence-electron chi connectivity index (χ2n) is 1.50. The summed E-state index contributed by atoms with van der Waals surface area (Å²) in [5, 5.41) is 25.2. The van der Waals surface area contributed by atoms with Crippen molar-refractivity contribution in [2.45, 2.75) is 20.8 Å². The van der Waals surface area contributed by atoms with Gasteiger partial charge in [0.1, 0.15) is 0 Å². The Bertz CT molecular complexity index is 118. The summed E-state index contributed by atoms with van der Waals surface area (Å²) in [5.41, 5.74) is 0. The van der Waals surface area contributed by atoms with Crippen LogP contribution in [0.1, 0.15) is 20.8 Å². The third-order valence-electron chi connectivity index (χ3n) is 0. The molecule has 0 unspecified atom stereocenters. The van der Waals surface area contributed by atoms with Crippen LogP contribution in [0.25, 0.3) is 0 Å². The molecule has 0 aromatic heterocycles. The van der Waals surface area contributed by atoms with E-state index in [0.717, 1.165) is 20.8 Å². The van der Waals surface area contributed by atoms with Crippen LogP contribution >= 0.6 is 0 Å². The van der Waals surface area contributed by atoms with Gasteiger partial charge >= 0.3 is 17.1 Å². The van der Waals surface area contributed by atoms with Crippen molar-refractivity contribution in [3.63, 3.8) is 0 Å². The van der Waals surface area contributed by atoms with Crippen LogP contribution in [0.3, 0.4) is 0 Å². The van der Waals surface area contributed by atoms with E-state index < -0.39 is 17.9 Å². The third-order valence-corrected chi connectivity index (χ3v) is 0. The molecule has 0 saturated heterocycles. The number of carboxylic acid groups (broad SMARTS) is 3. The van der Waals surface area contributed by atoms with E-state index in [0.29, 0.717) is 0 Å². The van der Waals surface area contributed by atoms with Gasteiger partial charge in [-0.2, -0.15) is 0 Å². The molecule has 0 rings (SSSR count). The molecule has 0 heterocycles. The molecular weight excluding hydrogens is 287 g/mol. The van der Waals surface area contributed by atoms with Crippen LogP contribution < -0.4 is 10.2 Å². The SMILES string of the molecule is CC(=O)O.CC(=O)[O-].CC(=O)[O-].O.O.O.O.[Mn+2]. The van der Waals surface area contributed by atoms with Gasteiger partial charge in [0.25, 0.3) is 5.97 Å². The Morgan fingerprint density at radius 2 is 0.765 bits per heavy atom. The molecule has 10 nitrogen and oxygen atoms in total. The fourth-order valence-corrected chi connectivity index (χ4v) is 0. The fourth-order valence-electron chi connectivity index (χ4n) is 0. The molecule has 0 aliphatic rings. The van der Waals surface area contributed by atoms with Gasteiger partial charge in [-0.3, -0.25) is 4.79 Å². The van der Waals surface area contributed by atoms with E-state index in [9.17, 15) is 0 Å². The molecule has 0 spiro atoms. The molecule has 9 N–H and O–H groups in total. The predicted molar refractivity (Wildman–Crippen MR) is 49.1 cm³/mol. The average molecular weight is 305 g/mol. The number of rotatable bonds is 0. The van der Waals surface area contributed by atoms with Crippen molar-refractivity contribution in [2.24, 2.45) is 0 Å². The van der Waals surface area contributed by atoms with Crippen LogP contribution in [0.15, 0.2) is 0 Å². The van der Waals surface area contributed by atoms with Crippen molar-refractivity contribution in [1.82, 2.24) is 0 Å². The number of carbonyl (C=O) groups is 3. The molecule has 0 aliphatic carbocycles. The quantitative estimate of drug-likeness (QED) is 0.426. The third kappa shape index (κ3) is 1590. The first-order chi connectivity index (χ1) is 5.20. The summed E-state index contributed by atoms with van der Waals surface area (Å²) >= 11 is 0. The largest absolute Gasteiger partial charge is 2.00 e. The van der Waals surface area contributed by atoms with Gasteiger partial charge in [-0.25, -0.2) is 0 Å². The van der Waals surface area contributed by atoms with Crippen LogP contribution in [0.5, 0.6) is 0 Å². The standard InChI is InChI=1S/3C2H4O2.Mn.4H2O/c3*1-2(3)4;;;;;/h3*1H3,(H,3,4);;4*1H2/q;;;+2;;;;/p-2. The minimum atomic E-state index is -1.08. The van der Waals surface area contributed by atoms with Gasteiger partial charge in [-0.15, -0.1) is 0 Å². The maximum absolute atomic E-state index is 9.00. The zero-order chi connectivity index (χ0) is 10.7. The summed E-state index contributed by atoms with van der Waals surface area (Å²) in [7, 11) is 0. The molecule has 0 fully saturated rings. The summed E-state index contributed by atoms with van der Waals surface area (Å²) in [6, 6.07) is 0. The molecule has 11 heteroatoms. The Morgan fingerprint density at radius 1 is 0.765 bits per heavy atom. The monoisotopic (exact) mass is 305 g/mol. The van der Waals surface area contributed by atoms with Crippen LogP contribution in [0.2, 0.25) is 0 Å². The van der Waals surface area contributed by atoms with E-state index in [-0.39, 0.29) is 39.0 Å². The first-order valence-corrected chi connectivity index (χ1v) is 2.74. The number of hydrogen-bond donors (Lipinski definition) is 1. The van der Waals surface area contributed by atoms with Crippen LogP contribution in [0.4, 0.5) is 0 Å². The number of aliphatic carboxylic acids is 3. The molecule has 109 valence electrons. The van der Waals surface area contributed by atoms with Crippen molar-refractivity contribution in [1.29, 1.82) is 0 Å². The van der Waals surface area contributed by atoms with Crippen molar-refractivity contribution >= 4 is 17.9 Å². The fraction of sp³-hybridized carbons (Fsp3) is 0.500. The molecule has 0 aromatic rings. The van der Waals surface area contributed by atoms with Crippen molar-refractivity contribution in [2.75, 3.05) is 0 Å². The first-order valence-electron chi connectivity index (χ1n) is 2.74. The van der Waals surface area contributed by atoms with E-state index in [1.54, 1.807) is 0 Å². The van der Waals surface area contributed by atoms with Gasteiger partial charge < -0.3 is 46.8 Å². The number of hydrogen-bond acceptors (Lipinski definition) is 5. The average Bonchev–Trinajstić information content (AvgIpc) is 1.54. The van der Waals surface area contributed by atoms with E-state index in [4.69, 9.17) is 29.7 Å². The summed E-state index contributed by atoms with van der Waals surface area (Å²) in [4.78, 5) is 26.8. The Balaban J connectivity index is -0.0000000104. The molecule has 1 radical (unpaired) electrons. The normalized spacial score (nSPS) is 4.41. The Morgan fingerprint density at radius 3 is 0.765 bits per heavy atom. The van der Waals surface area contributed by atoms with E-state index in [1.807, 2.05) is 0 Å². The van der Waals surface area contributed by atoms with Crippen molar-refractivity contribution < 1.29 is 68.7 Å². The molecule has 0 aliphatic heterocycles. The summed E-state index contributed by atoms with van der Waals surface area (Å²) < 4.78 is 0. The molecule has 0 aromatic carbocycles. The van der Waals surface area contributed by atoms with Gasteiger partial charge in [0, 0.05) is 18.9 Å². The minimum Gasteiger partial charge on any atom is -0.550 e. The number of carboxylic acids is 3. The summed E-state index contributed by atoms with van der Waals surface area (Å²) in [6.07, 6.45) is 0. The topological polar surface area (TPSA) is 244 Å².